The van der Waals surface area contributed by atoms with Crippen LogP contribution in [-0.2, 0) is 0 Å². The molecule has 10 N–H and O–H groups in total. The first kappa shape index (κ1) is 29.3. The Kier molecular flexibility index (Phi) is 13.0. The number of alkyl halides is 1. The van der Waals surface area contributed by atoms with Gasteiger partial charge in [-0.2, -0.15) is 4.99 Å². The van der Waals surface area contributed by atoms with E-state index in [1.807, 2.05) is 37.3 Å². The fraction of sp³-hybridized carbons (Fsp3) is 0.458. The highest BCUT2D eigenvalue weighted by molar-refractivity contribution is 6.30. The molecule has 0 spiro atoms. The number of unbranched alkanes of at least 4 members (excludes halogenated alkanes) is 3. The summed E-state index contributed by atoms with van der Waals surface area (Å²) in [6, 6.07) is 7.32. The lowest BCUT2D eigenvalue weighted by molar-refractivity contribution is 0.623. The van der Waals surface area contributed by atoms with Gasteiger partial charge in [-0.1, -0.05) is 43.5 Å². The van der Waals surface area contributed by atoms with Gasteiger partial charge in [0.15, 0.2) is 12.2 Å². The van der Waals surface area contributed by atoms with E-state index in [1.54, 1.807) is 19.2 Å². The first-order chi connectivity index (χ1) is 17.3. The van der Waals surface area contributed by atoms with Gasteiger partial charge in [0, 0.05) is 36.5 Å². The molecule has 12 heteroatoms. The Morgan fingerprint density at radius 1 is 1.11 bits per heavy atom. The zero-order valence-electron chi connectivity index (χ0n) is 20.8. The van der Waals surface area contributed by atoms with Crippen LogP contribution in [0.15, 0.2) is 63.2 Å². The lowest BCUT2D eigenvalue weighted by atomic mass is 10.0. The van der Waals surface area contributed by atoms with E-state index in [0.29, 0.717) is 17.5 Å². The van der Waals surface area contributed by atoms with Crippen molar-refractivity contribution in [3.8, 4) is 0 Å². The summed E-state index contributed by atoms with van der Waals surface area (Å²) < 4.78 is 0. The summed E-state index contributed by atoms with van der Waals surface area (Å²) in [6.07, 6.45) is 9.26. The van der Waals surface area contributed by atoms with Crippen LogP contribution in [-0.4, -0.2) is 49.7 Å². The predicted octanol–water partition coefficient (Wildman–Crippen LogP) is 2.64. The number of nitrogens with zero attached hydrogens (tertiary/aromatic N) is 3. The second-order valence-corrected chi connectivity index (χ2v) is 9.27. The van der Waals surface area contributed by atoms with Crippen LogP contribution in [0, 0.1) is 5.92 Å². The monoisotopic (exact) mass is 536 g/mol. The molecular weight excluding hydrogens is 499 g/mol. The number of hydrogen-bond donors (Lipinski definition) is 7. The molecule has 2 rings (SSSR count). The van der Waals surface area contributed by atoms with Crippen LogP contribution in [0.4, 0.5) is 5.69 Å². The first-order valence-corrected chi connectivity index (χ1v) is 12.8. The molecule has 1 aliphatic carbocycles. The first-order valence-electron chi connectivity index (χ1n) is 12.0. The van der Waals surface area contributed by atoms with Crippen LogP contribution in [0.3, 0.4) is 0 Å². The Morgan fingerprint density at radius 2 is 1.83 bits per heavy atom. The highest BCUT2D eigenvalue weighted by atomic mass is 35.5. The van der Waals surface area contributed by atoms with E-state index in [2.05, 4.69) is 36.2 Å². The average Bonchev–Trinajstić information content (AvgIpc) is 2.83. The molecule has 198 valence electrons. The van der Waals surface area contributed by atoms with Gasteiger partial charge < -0.3 is 32.7 Å². The van der Waals surface area contributed by atoms with Gasteiger partial charge in [0.1, 0.15) is 0 Å². The van der Waals surface area contributed by atoms with Crippen molar-refractivity contribution in [1.82, 2.24) is 16.0 Å². The van der Waals surface area contributed by atoms with Gasteiger partial charge >= 0.3 is 0 Å². The standard InChI is InChI=1S/C24H38Cl2N10/c1-16-15-19(11-12-20(16)26)34-22(28)35-21(27)31-13-5-3-4-6-14-32-24(30-2)36-23(29)33-18-9-7-17(25)8-10-18/h7-12,15-16,20,23,33H,3-6,13-14,29H2,1-2H3,(H2,30,32,36)(H5,27,28,31,34,35). The van der Waals surface area contributed by atoms with Gasteiger partial charge in [-0.25, -0.2) is 0 Å². The minimum atomic E-state index is -0.495. The summed E-state index contributed by atoms with van der Waals surface area (Å²) in [5.41, 5.74) is 19.6. The molecule has 0 amide bonds. The van der Waals surface area contributed by atoms with Crippen LogP contribution in [0.25, 0.3) is 0 Å². The van der Waals surface area contributed by atoms with Crippen molar-refractivity contribution in [1.29, 1.82) is 0 Å². The Morgan fingerprint density at radius 3 is 2.53 bits per heavy atom. The lowest BCUT2D eigenvalue weighted by Gasteiger charge is -2.20. The Hall–Kier alpha value is -2.95. The molecule has 36 heavy (non-hydrogen) atoms. The molecule has 10 nitrogen and oxygen atoms in total. The summed E-state index contributed by atoms with van der Waals surface area (Å²) >= 11 is 12.1. The third-order valence-corrected chi connectivity index (χ3v) is 6.04. The molecule has 3 unspecified atom stereocenters. The molecule has 1 aromatic carbocycles. The summed E-state index contributed by atoms with van der Waals surface area (Å²) in [5.74, 6) is 1.19. The number of benzene rings is 1. The number of hydrogen-bond acceptors (Lipinski definition) is 4. The van der Waals surface area contributed by atoms with Gasteiger partial charge in [-0.15, -0.1) is 11.6 Å². The Labute approximate surface area is 223 Å². The van der Waals surface area contributed by atoms with Crippen LogP contribution in [0.2, 0.25) is 5.02 Å². The lowest BCUT2D eigenvalue weighted by Crippen LogP contribution is -2.51. The molecule has 0 saturated carbocycles. The number of guanidine groups is 3. The molecule has 0 bridgehead atoms. The third-order valence-electron chi connectivity index (χ3n) is 5.25. The largest absolute Gasteiger partial charge is 0.369 e. The van der Waals surface area contributed by atoms with Crippen molar-refractivity contribution in [2.75, 3.05) is 25.5 Å². The summed E-state index contributed by atoms with van der Waals surface area (Å²) in [4.78, 5) is 12.6. The van der Waals surface area contributed by atoms with Gasteiger partial charge in [0.25, 0.3) is 0 Å². The second-order valence-electron chi connectivity index (χ2n) is 8.33. The minimum absolute atomic E-state index is 0.0176. The van der Waals surface area contributed by atoms with E-state index in [9.17, 15) is 0 Å². The van der Waals surface area contributed by atoms with Crippen molar-refractivity contribution < 1.29 is 0 Å². The summed E-state index contributed by atoms with van der Waals surface area (Å²) in [5, 5.41) is 13.2. The third kappa shape index (κ3) is 11.7. The Bertz CT molecular complexity index is 956. The van der Waals surface area contributed by atoms with Gasteiger partial charge in [0.2, 0.25) is 11.9 Å². The zero-order valence-corrected chi connectivity index (χ0v) is 22.4. The molecule has 0 heterocycles. The van der Waals surface area contributed by atoms with Gasteiger partial charge in [-0.05, 0) is 49.1 Å². The number of rotatable bonds is 11. The highest BCUT2D eigenvalue weighted by Gasteiger charge is 2.14. The van der Waals surface area contributed by atoms with Crippen molar-refractivity contribution in [3.63, 3.8) is 0 Å². The SMILES string of the molecule is CN=C(NCCCCCCN=C(N)N=C(N)NC1=CC(C)C(Cl)C=C1)NC(N)Nc1ccc(Cl)cc1. The number of allylic oxidation sites excluding steroid dienone is 3. The fourth-order valence-corrected chi connectivity index (χ4v) is 3.59. The van der Waals surface area contributed by atoms with Crippen LogP contribution < -0.4 is 38.5 Å². The van der Waals surface area contributed by atoms with Crippen LogP contribution in [0.1, 0.15) is 32.6 Å². The Balaban J connectivity index is 1.57. The molecule has 1 aliphatic rings. The molecular formula is C24H38Cl2N10. The highest BCUT2D eigenvalue weighted by Crippen LogP contribution is 2.20. The van der Waals surface area contributed by atoms with Crippen LogP contribution in [0.5, 0.6) is 0 Å². The zero-order chi connectivity index (χ0) is 26.3. The maximum Gasteiger partial charge on any atom is 0.218 e. The van der Waals surface area contributed by atoms with E-state index in [1.165, 1.54) is 0 Å². The van der Waals surface area contributed by atoms with E-state index in [-0.39, 0.29) is 23.2 Å². The van der Waals surface area contributed by atoms with E-state index < -0.39 is 6.29 Å². The smallest absolute Gasteiger partial charge is 0.218 e. The van der Waals surface area contributed by atoms with Gasteiger partial charge in [-0.3, -0.25) is 15.7 Å². The molecule has 0 fully saturated rings. The topological polar surface area (TPSA) is 163 Å². The fourth-order valence-electron chi connectivity index (χ4n) is 3.31. The number of nitrogens with two attached hydrogens (primary N) is 3. The van der Waals surface area contributed by atoms with Crippen LogP contribution >= 0.6 is 23.2 Å². The summed E-state index contributed by atoms with van der Waals surface area (Å²) in [6.45, 7) is 3.41. The van der Waals surface area contributed by atoms with Gasteiger partial charge in [0.05, 0.1) is 5.38 Å². The molecule has 3 atom stereocenters. The summed E-state index contributed by atoms with van der Waals surface area (Å²) in [7, 11) is 1.70. The average molecular weight is 538 g/mol. The second kappa shape index (κ2) is 15.9. The molecule has 0 radical (unpaired) electrons. The van der Waals surface area contributed by atoms with E-state index in [0.717, 1.165) is 43.6 Å². The van der Waals surface area contributed by atoms with Crippen molar-refractivity contribution in [2.45, 2.75) is 44.3 Å². The van der Waals surface area contributed by atoms with E-state index >= 15 is 0 Å². The maximum atomic E-state index is 6.15. The molecule has 0 aromatic heterocycles. The number of nitrogens with one attached hydrogen (secondary N) is 4. The molecule has 0 aliphatic heterocycles. The molecule has 1 aromatic rings. The van der Waals surface area contributed by atoms with Crippen molar-refractivity contribution in [2.24, 2.45) is 38.1 Å². The van der Waals surface area contributed by atoms with Crippen molar-refractivity contribution >= 4 is 46.8 Å². The normalized spacial score (nSPS) is 19.5. The quantitative estimate of drug-likeness (QED) is 0.0750. The maximum absolute atomic E-state index is 6.15. The number of aliphatic imine (C=N–C) groups is 3. The predicted molar refractivity (Wildman–Crippen MR) is 153 cm³/mol. The molecule has 0 saturated heterocycles. The minimum Gasteiger partial charge on any atom is -0.369 e. The number of halogens is 2. The van der Waals surface area contributed by atoms with Crippen molar-refractivity contribution in [3.05, 3.63) is 53.2 Å². The number of anilines is 1. The van der Waals surface area contributed by atoms with E-state index in [4.69, 9.17) is 40.4 Å².